The smallest absolute Gasteiger partial charge is 0.323 e. The first-order valence-electron chi connectivity index (χ1n) is 6.46. The molecule has 0 unspecified atom stereocenters. The minimum Gasteiger partial charge on any atom is -0.463 e. The summed E-state index contributed by atoms with van der Waals surface area (Å²) in [6.45, 7) is 5.82. The molecule has 1 fully saturated rings. The van der Waals surface area contributed by atoms with Gasteiger partial charge in [-0.2, -0.15) is 15.0 Å². The molecule has 0 atom stereocenters. The van der Waals surface area contributed by atoms with Crippen LogP contribution in [0.4, 0.5) is 11.9 Å². The molecule has 18 heavy (non-hydrogen) atoms. The Morgan fingerprint density at radius 2 is 1.94 bits per heavy atom. The number of aromatic nitrogens is 3. The maximum atomic E-state index is 5.44. The molecule has 0 aliphatic heterocycles. The molecule has 1 aliphatic rings. The second kappa shape index (κ2) is 5.37. The quantitative estimate of drug-likeness (QED) is 0.771. The third kappa shape index (κ3) is 3.45. The molecule has 6 heteroatoms. The maximum absolute atomic E-state index is 5.44. The largest absolute Gasteiger partial charge is 0.463 e. The van der Waals surface area contributed by atoms with Gasteiger partial charge in [0.25, 0.3) is 0 Å². The fraction of sp³-hybridized carbons (Fsp3) is 0.750. The van der Waals surface area contributed by atoms with E-state index in [4.69, 9.17) is 4.74 Å². The second-order valence-electron chi connectivity index (χ2n) is 5.03. The van der Waals surface area contributed by atoms with E-state index in [2.05, 4.69) is 32.5 Å². The monoisotopic (exact) mass is 251 g/mol. The Balaban J connectivity index is 2.02. The molecule has 2 rings (SSSR count). The Labute approximate surface area is 108 Å². The van der Waals surface area contributed by atoms with Gasteiger partial charge in [-0.05, 0) is 24.7 Å². The van der Waals surface area contributed by atoms with E-state index >= 15 is 0 Å². The molecule has 0 aromatic carbocycles. The maximum Gasteiger partial charge on any atom is 0.323 e. The summed E-state index contributed by atoms with van der Waals surface area (Å²) in [6, 6.07) is 0.375. The van der Waals surface area contributed by atoms with Crippen LogP contribution in [0.2, 0.25) is 0 Å². The van der Waals surface area contributed by atoms with Crippen LogP contribution in [-0.4, -0.2) is 35.2 Å². The van der Waals surface area contributed by atoms with Crippen LogP contribution in [0.3, 0.4) is 0 Å². The molecule has 0 saturated heterocycles. The van der Waals surface area contributed by atoms with Crippen LogP contribution in [0.15, 0.2) is 0 Å². The van der Waals surface area contributed by atoms with Crippen molar-refractivity contribution in [2.24, 2.45) is 5.41 Å². The molecule has 0 radical (unpaired) electrons. The average molecular weight is 251 g/mol. The molecule has 1 heterocycles. The van der Waals surface area contributed by atoms with Crippen LogP contribution in [0, 0.1) is 5.41 Å². The molecular weight excluding hydrogens is 230 g/mol. The summed E-state index contributed by atoms with van der Waals surface area (Å²) in [5.41, 5.74) is 0.414. The van der Waals surface area contributed by atoms with Crippen LogP contribution >= 0.6 is 0 Å². The molecule has 1 saturated carbocycles. The van der Waals surface area contributed by atoms with Gasteiger partial charge in [-0.25, -0.2) is 0 Å². The Morgan fingerprint density at radius 3 is 2.56 bits per heavy atom. The van der Waals surface area contributed by atoms with E-state index in [9.17, 15) is 0 Å². The molecule has 6 nitrogen and oxygen atoms in total. The number of hydrogen-bond acceptors (Lipinski definition) is 6. The minimum atomic E-state index is 0.375. The normalized spacial score (nSPS) is 16.2. The number of ether oxygens (including phenoxy) is 1. The van der Waals surface area contributed by atoms with Crippen molar-refractivity contribution in [3.05, 3.63) is 0 Å². The van der Waals surface area contributed by atoms with E-state index < -0.39 is 0 Å². The number of nitrogens with zero attached hydrogens (tertiary/aromatic N) is 3. The molecule has 100 valence electrons. The Kier molecular flexibility index (Phi) is 3.84. The molecule has 0 bridgehead atoms. The van der Waals surface area contributed by atoms with Crippen molar-refractivity contribution in [2.75, 3.05) is 30.8 Å². The molecule has 1 aromatic heterocycles. The van der Waals surface area contributed by atoms with Gasteiger partial charge in [-0.15, -0.1) is 0 Å². The number of anilines is 2. The van der Waals surface area contributed by atoms with Crippen molar-refractivity contribution >= 4 is 11.9 Å². The first-order valence-corrected chi connectivity index (χ1v) is 6.46. The van der Waals surface area contributed by atoms with Crippen LogP contribution in [-0.2, 0) is 0 Å². The van der Waals surface area contributed by atoms with Crippen LogP contribution < -0.4 is 15.4 Å². The highest BCUT2D eigenvalue weighted by molar-refractivity contribution is 5.35. The molecule has 2 N–H and O–H groups in total. The van der Waals surface area contributed by atoms with Gasteiger partial charge in [-0.1, -0.05) is 13.8 Å². The van der Waals surface area contributed by atoms with Crippen molar-refractivity contribution in [2.45, 2.75) is 33.1 Å². The fourth-order valence-corrected chi connectivity index (χ4v) is 1.49. The van der Waals surface area contributed by atoms with Crippen molar-refractivity contribution < 1.29 is 4.74 Å². The van der Waals surface area contributed by atoms with E-state index in [0.717, 1.165) is 13.0 Å². The zero-order valence-electron chi connectivity index (χ0n) is 11.3. The lowest BCUT2D eigenvalue weighted by atomic mass is 10.1. The lowest BCUT2D eigenvalue weighted by Gasteiger charge is -2.11. The molecule has 0 amide bonds. The molecule has 1 aliphatic carbocycles. The van der Waals surface area contributed by atoms with Crippen LogP contribution in [0.5, 0.6) is 6.01 Å². The highest BCUT2D eigenvalue weighted by Gasteiger charge is 2.37. The molecule has 0 spiro atoms. The fourth-order valence-electron chi connectivity index (χ4n) is 1.49. The summed E-state index contributed by atoms with van der Waals surface area (Å²) < 4.78 is 5.44. The Morgan fingerprint density at radius 1 is 1.22 bits per heavy atom. The highest BCUT2D eigenvalue weighted by Crippen LogP contribution is 2.44. The number of rotatable bonds is 7. The van der Waals surface area contributed by atoms with Gasteiger partial charge in [0.2, 0.25) is 11.9 Å². The van der Waals surface area contributed by atoms with Gasteiger partial charge in [0.05, 0.1) is 6.61 Å². The topological polar surface area (TPSA) is 72.0 Å². The van der Waals surface area contributed by atoms with E-state index in [0.29, 0.717) is 29.9 Å². The van der Waals surface area contributed by atoms with Gasteiger partial charge in [0.1, 0.15) is 0 Å². The van der Waals surface area contributed by atoms with E-state index in [1.54, 1.807) is 7.05 Å². The highest BCUT2D eigenvalue weighted by atomic mass is 16.5. The predicted molar refractivity (Wildman–Crippen MR) is 71.0 cm³/mol. The Bertz CT molecular complexity index is 405. The van der Waals surface area contributed by atoms with Gasteiger partial charge in [0, 0.05) is 13.6 Å². The molecular formula is C12H21N5O. The van der Waals surface area contributed by atoms with Crippen LogP contribution in [0.25, 0.3) is 0 Å². The van der Waals surface area contributed by atoms with E-state index in [1.807, 2.05) is 6.92 Å². The minimum absolute atomic E-state index is 0.375. The first kappa shape index (κ1) is 12.9. The predicted octanol–water partition coefficient (Wildman–Crippen LogP) is 1.91. The third-order valence-corrected chi connectivity index (χ3v) is 3.05. The summed E-state index contributed by atoms with van der Waals surface area (Å²) in [5, 5.41) is 6.17. The van der Waals surface area contributed by atoms with Crippen molar-refractivity contribution in [1.82, 2.24) is 15.0 Å². The zero-order chi connectivity index (χ0) is 13.0. The average Bonchev–Trinajstić information content (AvgIpc) is 3.12. The number of hydrogen-bond donors (Lipinski definition) is 2. The first-order chi connectivity index (χ1) is 8.65. The van der Waals surface area contributed by atoms with Crippen molar-refractivity contribution in [3.8, 4) is 6.01 Å². The third-order valence-electron chi connectivity index (χ3n) is 3.05. The van der Waals surface area contributed by atoms with E-state index in [-0.39, 0.29) is 0 Å². The van der Waals surface area contributed by atoms with Gasteiger partial charge in [0.15, 0.2) is 0 Å². The summed E-state index contributed by atoms with van der Waals surface area (Å²) in [7, 11) is 1.78. The van der Waals surface area contributed by atoms with Gasteiger partial charge >= 0.3 is 6.01 Å². The standard InChI is InChI=1S/C12H21N5O/c1-4-7-18-11-16-9(13-3)15-10(17-11)14-8-12(2)5-6-12/h4-8H2,1-3H3,(H2,13,14,15,16,17). The lowest BCUT2D eigenvalue weighted by Crippen LogP contribution is -2.15. The van der Waals surface area contributed by atoms with Gasteiger partial charge < -0.3 is 15.4 Å². The lowest BCUT2D eigenvalue weighted by molar-refractivity contribution is 0.292. The summed E-state index contributed by atoms with van der Waals surface area (Å²) >= 11 is 0. The Hall–Kier alpha value is -1.59. The number of nitrogens with one attached hydrogen (secondary N) is 2. The van der Waals surface area contributed by atoms with Crippen LogP contribution in [0.1, 0.15) is 33.1 Å². The summed E-state index contributed by atoms with van der Waals surface area (Å²) in [4.78, 5) is 12.7. The van der Waals surface area contributed by atoms with E-state index in [1.165, 1.54) is 12.8 Å². The zero-order valence-corrected chi connectivity index (χ0v) is 11.3. The van der Waals surface area contributed by atoms with Crippen molar-refractivity contribution in [1.29, 1.82) is 0 Å². The summed E-state index contributed by atoms with van der Waals surface area (Å²) in [5.74, 6) is 1.10. The second-order valence-corrected chi connectivity index (χ2v) is 5.03. The SMILES string of the molecule is CCCOc1nc(NC)nc(NCC2(C)CC2)n1. The molecule has 1 aromatic rings. The van der Waals surface area contributed by atoms with Crippen molar-refractivity contribution in [3.63, 3.8) is 0 Å². The van der Waals surface area contributed by atoms with Gasteiger partial charge in [-0.3, -0.25) is 0 Å². The summed E-state index contributed by atoms with van der Waals surface area (Å²) in [6.07, 6.45) is 3.47.